The third kappa shape index (κ3) is 2.33. The van der Waals surface area contributed by atoms with E-state index < -0.39 is 0 Å². The molecule has 0 spiro atoms. The van der Waals surface area contributed by atoms with Crippen LogP contribution < -0.4 is 0 Å². The fraction of sp³-hybridized carbons (Fsp3) is 0.0833. The fourth-order valence-corrected chi connectivity index (χ4v) is 6.08. The van der Waals surface area contributed by atoms with E-state index in [4.69, 9.17) is 0 Å². The minimum Gasteiger partial charge on any atom is -0.140 e. The molecule has 0 radical (unpaired) electrons. The van der Waals surface area contributed by atoms with Crippen LogP contribution in [0.2, 0.25) is 0 Å². The van der Waals surface area contributed by atoms with Crippen LogP contribution in [0.25, 0.3) is 42.4 Å². The SMILES string of the molecule is Cc1sc2ccccc2c1-c1ccccc1-c1c(C)sc2ccccc12. The van der Waals surface area contributed by atoms with Gasteiger partial charge in [0, 0.05) is 41.1 Å². The topological polar surface area (TPSA) is 0 Å². The van der Waals surface area contributed by atoms with Crippen LogP contribution in [0.3, 0.4) is 0 Å². The third-order valence-corrected chi connectivity index (χ3v) is 7.18. The third-order valence-electron chi connectivity index (χ3n) is 5.01. The van der Waals surface area contributed by atoms with Crippen molar-refractivity contribution in [3.05, 3.63) is 82.6 Å². The highest BCUT2D eigenvalue weighted by Crippen LogP contribution is 2.46. The largest absolute Gasteiger partial charge is 0.140 e. The lowest BCUT2D eigenvalue weighted by Gasteiger charge is -2.11. The van der Waals surface area contributed by atoms with Crippen LogP contribution >= 0.6 is 22.7 Å². The summed E-state index contributed by atoms with van der Waals surface area (Å²) in [4.78, 5) is 2.77. The van der Waals surface area contributed by atoms with Gasteiger partial charge in [-0.15, -0.1) is 22.7 Å². The molecule has 0 aliphatic carbocycles. The van der Waals surface area contributed by atoms with Crippen molar-refractivity contribution in [2.75, 3.05) is 0 Å². The van der Waals surface area contributed by atoms with Gasteiger partial charge in [-0.25, -0.2) is 0 Å². The summed E-state index contributed by atoms with van der Waals surface area (Å²) in [5.74, 6) is 0. The summed E-state index contributed by atoms with van der Waals surface area (Å²) in [6.07, 6.45) is 0. The van der Waals surface area contributed by atoms with Gasteiger partial charge in [0.1, 0.15) is 0 Å². The fourth-order valence-electron chi connectivity index (χ4n) is 3.92. The second-order valence-electron chi connectivity index (χ2n) is 6.60. The van der Waals surface area contributed by atoms with Gasteiger partial charge in [-0.3, -0.25) is 0 Å². The van der Waals surface area contributed by atoms with E-state index >= 15 is 0 Å². The maximum Gasteiger partial charge on any atom is 0.0352 e. The minimum absolute atomic E-state index is 1.34. The summed E-state index contributed by atoms with van der Waals surface area (Å²) in [6.45, 7) is 4.49. The molecule has 3 aromatic carbocycles. The van der Waals surface area contributed by atoms with E-state index in [1.165, 1.54) is 52.2 Å². The average Bonchev–Trinajstić information content (AvgIpc) is 3.17. The molecular weight excluding hydrogens is 352 g/mol. The van der Waals surface area contributed by atoms with Crippen LogP contribution in [0.4, 0.5) is 0 Å². The lowest BCUT2D eigenvalue weighted by molar-refractivity contribution is 1.56. The predicted molar refractivity (Wildman–Crippen MR) is 118 cm³/mol. The molecule has 5 aromatic rings. The standard InChI is InChI=1S/C24H18S2/c1-15-23(19-11-5-7-13-21(19)25-15)17-9-3-4-10-18(17)24-16(2)26-22-14-8-6-12-20(22)24/h3-14H,1-2H3. The molecule has 2 heterocycles. The van der Waals surface area contributed by atoms with Crippen molar-refractivity contribution in [2.24, 2.45) is 0 Å². The quantitative estimate of drug-likeness (QED) is 0.295. The van der Waals surface area contributed by atoms with Crippen LogP contribution in [0.5, 0.6) is 0 Å². The van der Waals surface area contributed by atoms with Gasteiger partial charge < -0.3 is 0 Å². The molecule has 0 amide bonds. The first kappa shape index (κ1) is 15.8. The van der Waals surface area contributed by atoms with Gasteiger partial charge in [-0.1, -0.05) is 60.7 Å². The first-order valence-corrected chi connectivity index (χ1v) is 10.4. The summed E-state index contributed by atoms with van der Waals surface area (Å²) in [5.41, 5.74) is 5.45. The Morgan fingerprint density at radius 2 is 0.885 bits per heavy atom. The molecule has 2 aromatic heterocycles. The maximum atomic E-state index is 2.28. The number of hydrogen-bond donors (Lipinski definition) is 0. The molecule has 5 rings (SSSR count). The van der Waals surface area contributed by atoms with Crippen LogP contribution in [0.15, 0.2) is 72.8 Å². The van der Waals surface area contributed by atoms with Crippen molar-refractivity contribution in [2.45, 2.75) is 13.8 Å². The predicted octanol–water partition coefficient (Wildman–Crippen LogP) is 8.07. The van der Waals surface area contributed by atoms with Crippen LogP contribution in [-0.4, -0.2) is 0 Å². The molecule has 2 heteroatoms. The van der Waals surface area contributed by atoms with Crippen molar-refractivity contribution >= 4 is 42.8 Å². The number of fused-ring (bicyclic) bond motifs is 2. The van der Waals surface area contributed by atoms with E-state index in [1.54, 1.807) is 0 Å². The molecule has 0 saturated carbocycles. The molecule has 0 saturated heterocycles. The molecule has 0 N–H and O–H groups in total. The average molecular weight is 371 g/mol. The van der Waals surface area contributed by atoms with Gasteiger partial charge in [-0.05, 0) is 37.1 Å². The van der Waals surface area contributed by atoms with Crippen molar-refractivity contribution in [3.8, 4) is 22.3 Å². The Morgan fingerprint density at radius 1 is 0.500 bits per heavy atom. The Labute approximate surface area is 161 Å². The van der Waals surface area contributed by atoms with Gasteiger partial charge in [0.05, 0.1) is 0 Å². The van der Waals surface area contributed by atoms with Gasteiger partial charge in [0.25, 0.3) is 0 Å². The summed E-state index contributed by atoms with van der Waals surface area (Å²) >= 11 is 3.78. The maximum absolute atomic E-state index is 2.28. The minimum atomic E-state index is 1.34. The molecule has 0 nitrogen and oxygen atoms in total. The molecule has 0 unspecified atom stereocenters. The Kier molecular flexibility index (Phi) is 3.70. The summed E-state index contributed by atoms with van der Waals surface area (Å²) < 4.78 is 2.73. The van der Waals surface area contributed by atoms with Gasteiger partial charge in [-0.2, -0.15) is 0 Å². The Morgan fingerprint density at radius 3 is 1.35 bits per heavy atom. The van der Waals surface area contributed by atoms with Crippen molar-refractivity contribution in [1.82, 2.24) is 0 Å². The number of benzene rings is 3. The molecule has 0 aliphatic heterocycles. The highest BCUT2D eigenvalue weighted by molar-refractivity contribution is 7.20. The van der Waals surface area contributed by atoms with Crippen LogP contribution in [0.1, 0.15) is 9.75 Å². The van der Waals surface area contributed by atoms with Gasteiger partial charge in [0.15, 0.2) is 0 Å². The van der Waals surface area contributed by atoms with Crippen molar-refractivity contribution < 1.29 is 0 Å². The van der Waals surface area contributed by atoms with Crippen LogP contribution in [0, 0.1) is 13.8 Å². The second kappa shape index (κ2) is 6.08. The molecule has 126 valence electrons. The zero-order chi connectivity index (χ0) is 17.7. The molecule has 0 bridgehead atoms. The zero-order valence-corrected chi connectivity index (χ0v) is 16.4. The van der Waals surface area contributed by atoms with E-state index in [2.05, 4.69) is 86.6 Å². The zero-order valence-electron chi connectivity index (χ0n) is 14.7. The van der Waals surface area contributed by atoms with Crippen molar-refractivity contribution in [1.29, 1.82) is 0 Å². The summed E-state index contributed by atoms with van der Waals surface area (Å²) in [6, 6.07) is 26.4. The number of aryl methyl sites for hydroxylation is 2. The van der Waals surface area contributed by atoms with Crippen LogP contribution in [-0.2, 0) is 0 Å². The number of thiophene rings is 2. The van der Waals surface area contributed by atoms with Gasteiger partial charge in [0.2, 0.25) is 0 Å². The first-order chi connectivity index (χ1) is 12.7. The van der Waals surface area contributed by atoms with E-state index in [0.717, 1.165) is 0 Å². The first-order valence-electron chi connectivity index (χ1n) is 8.80. The highest BCUT2D eigenvalue weighted by Gasteiger charge is 2.18. The van der Waals surface area contributed by atoms with E-state index in [0.29, 0.717) is 0 Å². The highest BCUT2D eigenvalue weighted by atomic mass is 32.1. The Bertz CT molecular complexity index is 1150. The Hall–Kier alpha value is -2.42. The molecular formula is C24H18S2. The lowest BCUT2D eigenvalue weighted by Crippen LogP contribution is -1.86. The molecule has 0 fully saturated rings. The Balaban J connectivity index is 1.86. The normalized spacial score (nSPS) is 11.5. The number of rotatable bonds is 2. The van der Waals surface area contributed by atoms with E-state index in [9.17, 15) is 0 Å². The van der Waals surface area contributed by atoms with E-state index in [-0.39, 0.29) is 0 Å². The molecule has 0 aliphatic rings. The van der Waals surface area contributed by atoms with Crippen molar-refractivity contribution in [3.63, 3.8) is 0 Å². The molecule has 0 atom stereocenters. The molecule has 26 heavy (non-hydrogen) atoms. The lowest BCUT2D eigenvalue weighted by atomic mass is 9.92. The van der Waals surface area contributed by atoms with E-state index in [1.807, 2.05) is 22.7 Å². The second-order valence-corrected chi connectivity index (χ2v) is 9.12. The smallest absolute Gasteiger partial charge is 0.0352 e. The summed E-state index contributed by atoms with van der Waals surface area (Å²) in [5, 5.41) is 2.72. The summed E-state index contributed by atoms with van der Waals surface area (Å²) in [7, 11) is 0. The van der Waals surface area contributed by atoms with Gasteiger partial charge >= 0.3 is 0 Å². The monoisotopic (exact) mass is 370 g/mol. The number of hydrogen-bond acceptors (Lipinski definition) is 2.